The van der Waals surface area contributed by atoms with Gasteiger partial charge in [0.05, 0.1) is 12.0 Å². The van der Waals surface area contributed by atoms with Crippen LogP contribution in [0.2, 0.25) is 0 Å². The lowest BCUT2D eigenvalue weighted by molar-refractivity contribution is -0.116. The molecule has 2 aromatic carbocycles. The molecule has 3 rings (SSSR count). The van der Waals surface area contributed by atoms with Crippen molar-refractivity contribution >= 4 is 11.6 Å². The number of rotatable bonds is 6. The number of nitrogens with one attached hydrogen (secondary N) is 1. The molecule has 0 atom stereocenters. The molecule has 0 aliphatic rings. The zero-order chi connectivity index (χ0) is 16.8. The summed E-state index contributed by atoms with van der Waals surface area (Å²) in [6.45, 7) is 0. The first-order chi connectivity index (χ1) is 11.7. The number of aromatic nitrogens is 2. The van der Waals surface area contributed by atoms with Crippen molar-refractivity contribution in [1.29, 1.82) is 0 Å². The summed E-state index contributed by atoms with van der Waals surface area (Å²) in [6, 6.07) is 14.7. The molecule has 122 valence electrons. The van der Waals surface area contributed by atoms with Gasteiger partial charge in [0.1, 0.15) is 5.82 Å². The highest BCUT2D eigenvalue weighted by atomic mass is 19.1. The molecule has 4 nitrogen and oxygen atoms in total. The Kier molecular flexibility index (Phi) is 5.01. The highest BCUT2D eigenvalue weighted by Crippen LogP contribution is 2.18. The van der Waals surface area contributed by atoms with E-state index in [1.807, 2.05) is 30.3 Å². The SMILES string of the molecule is O=C(CCCc1ccccc1)Nc1ccc(-n2ccnc2)c(F)c1. The van der Waals surface area contributed by atoms with Crippen LogP contribution in [0.15, 0.2) is 67.3 Å². The maximum absolute atomic E-state index is 14.1. The van der Waals surface area contributed by atoms with Gasteiger partial charge in [0.15, 0.2) is 0 Å². The highest BCUT2D eigenvalue weighted by molar-refractivity contribution is 5.90. The molecule has 0 bridgehead atoms. The molecule has 3 aromatic rings. The van der Waals surface area contributed by atoms with Crippen LogP contribution in [0.4, 0.5) is 10.1 Å². The third-order valence-corrected chi connectivity index (χ3v) is 3.73. The Labute approximate surface area is 140 Å². The van der Waals surface area contributed by atoms with Gasteiger partial charge in [-0.1, -0.05) is 30.3 Å². The molecule has 0 radical (unpaired) electrons. The number of nitrogens with zero attached hydrogens (tertiary/aromatic N) is 2. The van der Waals surface area contributed by atoms with Gasteiger partial charge < -0.3 is 9.88 Å². The Morgan fingerprint density at radius 3 is 2.71 bits per heavy atom. The second-order valence-electron chi connectivity index (χ2n) is 5.52. The smallest absolute Gasteiger partial charge is 0.224 e. The Morgan fingerprint density at radius 2 is 2.00 bits per heavy atom. The van der Waals surface area contributed by atoms with Crippen molar-refractivity contribution in [3.05, 3.63) is 78.6 Å². The maximum atomic E-state index is 14.1. The Morgan fingerprint density at radius 1 is 1.17 bits per heavy atom. The first-order valence-electron chi connectivity index (χ1n) is 7.84. The van der Waals surface area contributed by atoms with Gasteiger partial charge >= 0.3 is 0 Å². The predicted molar refractivity (Wildman–Crippen MR) is 91.5 cm³/mol. The summed E-state index contributed by atoms with van der Waals surface area (Å²) >= 11 is 0. The number of hydrogen-bond acceptors (Lipinski definition) is 2. The van der Waals surface area contributed by atoms with Crippen molar-refractivity contribution in [2.24, 2.45) is 0 Å². The maximum Gasteiger partial charge on any atom is 0.224 e. The van der Waals surface area contributed by atoms with Crippen LogP contribution >= 0.6 is 0 Å². The van der Waals surface area contributed by atoms with E-state index >= 15 is 0 Å². The van der Waals surface area contributed by atoms with Crippen molar-refractivity contribution in [3.63, 3.8) is 0 Å². The van der Waals surface area contributed by atoms with Gasteiger partial charge in [-0.3, -0.25) is 4.79 Å². The van der Waals surface area contributed by atoms with Gasteiger partial charge in [0.2, 0.25) is 5.91 Å². The summed E-state index contributed by atoms with van der Waals surface area (Å²) in [7, 11) is 0. The normalized spacial score (nSPS) is 10.5. The third kappa shape index (κ3) is 4.07. The van der Waals surface area contributed by atoms with Crippen LogP contribution in [0.1, 0.15) is 18.4 Å². The van der Waals surface area contributed by atoms with E-state index in [9.17, 15) is 9.18 Å². The molecule has 24 heavy (non-hydrogen) atoms. The number of amides is 1. The fourth-order valence-corrected chi connectivity index (χ4v) is 2.52. The van der Waals surface area contributed by atoms with E-state index in [-0.39, 0.29) is 5.91 Å². The molecular formula is C19H18FN3O. The number of hydrogen-bond donors (Lipinski definition) is 1. The fraction of sp³-hybridized carbons (Fsp3) is 0.158. The van der Waals surface area contributed by atoms with Crippen LogP contribution in [0.3, 0.4) is 0 Å². The molecule has 5 heteroatoms. The van der Waals surface area contributed by atoms with Crippen molar-refractivity contribution in [3.8, 4) is 5.69 Å². The van der Waals surface area contributed by atoms with E-state index in [4.69, 9.17) is 0 Å². The first kappa shape index (κ1) is 15.9. The van der Waals surface area contributed by atoms with Crippen LogP contribution < -0.4 is 5.32 Å². The van der Waals surface area contributed by atoms with Gasteiger partial charge in [0.25, 0.3) is 0 Å². The average Bonchev–Trinajstić information content (AvgIpc) is 3.10. The second-order valence-corrected chi connectivity index (χ2v) is 5.52. The van der Waals surface area contributed by atoms with Crippen LogP contribution in [0, 0.1) is 5.82 Å². The van der Waals surface area contributed by atoms with Gasteiger partial charge in [-0.15, -0.1) is 0 Å². The molecule has 1 N–H and O–H groups in total. The van der Waals surface area contributed by atoms with Crippen molar-refractivity contribution in [2.75, 3.05) is 5.32 Å². The standard InChI is InChI=1S/C19H18FN3O/c20-17-13-16(9-10-18(17)23-12-11-21-14-23)22-19(24)8-4-7-15-5-2-1-3-6-15/h1-3,5-6,9-14H,4,7-8H2,(H,22,24). The van der Waals surface area contributed by atoms with Crippen LogP contribution in [0.5, 0.6) is 0 Å². The number of aryl methyl sites for hydroxylation is 1. The first-order valence-corrected chi connectivity index (χ1v) is 7.84. The fourth-order valence-electron chi connectivity index (χ4n) is 2.52. The zero-order valence-electron chi connectivity index (χ0n) is 13.2. The topological polar surface area (TPSA) is 46.9 Å². The lowest BCUT2D eigenvalue weighted by atomic mass is 10.1. The summed E-state index contributed by atoms with van der Waals surface area (Å²) in [5.74, 6) is -0.518. The number of carbonyl (C=O) groups is 1. The molecule has 1 aromatic heterocycles. The van der Waals surface area contributed by atoms with E-state index in [1.165, 1.54) is 18.0 Å². The van der Waals surface area contributed by atoms with Gasteiger partial charge in [0, 0.05) is 24.5 Å². The predicted octanol–water partition coefficient (Wildman–Crippen LogP) is 3.97. The minimum Gasteiger partial charge on any atom is -0.326 e. The average molecular weight is 323 g/mol. The van der Waals surface area contributed by atoms with E-state index in [2.05, 4.69) is 10.3 Å². The van der Waals surface area contributed by atoms with Crippen LogP contribution in [-0.4, -0.2) is 15.5 Å². The molecule has 0 aliphatic carbocycles. The molecule has 0 spiro atoms. The monoisotopic (exact) mass is 323 g/mol. The number of halogens is 1. The van der Waals surface area contributed by atoms with E-state index in [0.717, 1.165) is 12.8 Å². The molecule has 1 heterocycles. The molecule has 0 saturated carbocycles. The zero-order valence-corrected chi connectivity index (χ0v) is 13.2. The minimum absolute atomic E-state index is 0.110. The second kappa shape index (κ2) is 7.55. The van der Waals surface area contributed by atoms with E-state index < -0.39 is 5.82 Å². The summed E-state index contributed by atoms with van der Waals surface area (Å²) in [6.07, 6.45) is 6.79. The number of imidazole rings is 1. The van der Waals surface area contributed by atoms with Crippen molar-refractivity contribution < 1.29 is 9.18 Å². The molecular weight excluding hydrogens is 305 g/mol. The number of anilines is 1. The van der Waals surface area contributed by atoms with Crippen LogP contribution in [0.25, 0.3) is 5.69 Å². The Balaban J connectivity index is 1.54. The quantitative estimate of drug-likeness (QED) is 0.746. The summed E-state index contributed by atoms with van der Waals surface area (Å²) in [5.41, 5.74) is 2.07. The lowest BCUT2D eigenvalue weighted by Gasteiger charge is -2.08. The third-order valence-electron chi connectivity index (χ3n) is 3.73. The van der Waals surface area contributed by atoms with E-state index in [1.54, 1.807) is 29.1 Å². The Bertz CT molecular complexity index is 801. The molecule has 0 unspecified atom stereocenters. The summed E-state index contributed by atoms with van der Waals surface area (Å²) in [5, 5.41) is 2.74. The Hall–Kier alpha value is -2.95. The minimum atomic E-state index is -0.407. The molecule has 0 fully saturated rings. The van der Waals surface area contributed by atoms with Gasteiger partial charge in [-0.2, -0.15) is 0 Å². The van der Waals surface area contributed by atoms with Gasteiger partial charge in [-0.05, 0) is 36.6 Å². The molecule has 0 aliphatic heterocycles. The lowest BCUT2D eigenvalue weighted by Crippen LogP contribution is -2.12. The van der Waals surface area contributed by atoms with Gasteiger partial charge in [-0.25, -0.2) is 9.37 Å². The number of benzene rings is 2. The highest BCUT2D eigenvalue weighted by Gasteiger charge is 2.08. The largest absolute Gasteiger partial charge is 0.326 e. The van der Waals surface area contributed by atoms with Crippen LogP contribution in [-0.2, 0) is 11.2 Å². The van der Waals surface area contributed by atoms with E-state index in [0.29, 0.717) is 17.8 Å². The number of carbonyl (C=O) groups excluding carboxylic acids is 1. The molecule has 0 saturated heterocycles. The van der Waals surface area contributed by atoms with Crippen molar-refractivity contribution in [2.45, 2.75) is 19.3 Å². The summed E-state index contributed by atoms with van der Waals surface area (Å²) < 4.78 is 15.7. The summed E-state index contributed by atoms with van der Waals surface area (Å²) in [4.78, 5) is 15.9. The van der Waals surface area contributed by atoms with Crippen molar-refractivity contribution in [1.82, 2.24) is 9.55 Å². The molecule has 1 amide bonds.